The maximum absolute atomic E-state index is 10.5. The van der Waals surface area contributed by atoms with Crippen molar-refractivity contribution in [2.24, 2.45) is 0 Å². The van der Waals surface area contributed by atoms with Gasteiger partial charge in [-0.25, -0.2) is 4.98 Å². The largest absolute Gasteiger partial charge is 0.507 e. The summed E-state index contributed by atoms with van der Waals surface area (Å²) in [5.41, 5.74) is 3.77. The number of hydrogen-bond acceptors (Lipinski definition) is 7. The Bertz CT molecular complexity index is 1120. The summed E-state index contributed by atoms with van der Waals surface area (Å²) in [4.78, 5) is 7.18. The predicted molar refractivity (Wildman–Crippen MR) is 128 cm³/mol. The molecule has 1 saturated heterocycles. The van der Waals surface area contributed by atoms with Crippen LogP contribution in [0.1, 0.15) is 12.0 Å². The van der Waals surface area contributed by atoms with Gasteiger partial charge in [0, 0.05) is 25.2 Å². The molecule has 4 rings (SSSR count). The SMILES string of the molecule is COc1ccc(O)c(-c2cc(-c3ccc(C#N)cc3)cc(NCCCN3CCOCC3)n2)c1. The highest BCUT2D eigenvalue weighted by Crippen LogP contribution is 2.35. The van der Waals surface area contributed by atoms with E-state index in [1.807, 2.05) is 24.3 Å². The number of rotatable bonds is 8. The van der Waals surface area contributed by atoms with E-state index in [0.29, 0.717) is 22.6 Å². The molecular formula is C26H28N4O3. The van der Waals surface area contributed by atoms with Crippen molar-refractivity contribution < 1.29 is 14.6 Å². The summed E-state index contributed by atoms with van der Waals surface area (Å²) >= 11 is 0. The van der Waals surface area contributed by atoms with Crippen LogP contribution in [-0.4, -0.2) is 61.5 Å². The molecule has 0 amide bonds. The van der Waals surface area contributed by atoms with Crippen LogP contribution in [0, 0.1) is 11.3 Å². The second kappa shape index (κ2) is 10.8. The molecule has 0 bridgehead atoms. The molecule has 7 nitrogen and oxygen atoms in total. The maximum atomic E-state index is 10.5. The van der Waals surface area contributed by atoms with Gasteiger partial charge in [-0.1, -0.05) is 12.1 Å². The first-order chi connectivity index (χ1) is 16.2. The number of nitrogens with one attached hydrogen (secondary N) is 1. The van der Waals surface area contributed by atoms with Gasteiger partial charge in [0.15, 0.2) is 0 Å². The average molecular weight is 445 g/mol. The molecule has 0 atom stereocenters. The maximum Gasteiger partial charge on any atom is 0.127 e. The lowest BCUT2D eigenvalue weighted by Gasteiger charge is -2.26. The number of morpholine rings is 1. The number of pyridine rings is 1. The van der Waals surface area contributed by atoms with Gasteiger partial charge >= 0.3 is 0 Å². The normalized spacial score (nSPS) is 13.9. The third-order valence-electron chi connectivity index (χ3n) is 5.71. The van der Waals surface area contributed by atoms with E-state index in [1.165, 1.54) is 0 Å². The van der Waals surface area contributed by atoms with Gasteiger partial charge < -0.3 is 19.9 Å². The third-order valence-corrected chi connectivity index (χ3v) is 5.71. The smallest absolute Gasteiger partial charge is 0.127 e. The molecule has 0 saturated carbocycles. The van der Waals surface area contributed by atoms with Crippen molar-refractivity contribution in [3.63, 3.8) is 0 Å². The Morgan fingerprint density at radius 2 is 1.88 bits per heavy atom. The minimum absolute atomic E-state index is 0.138. The molecule has 7 heteroatoms. The van der Waals surface area contributed by atoms with Crippen LogP contribution in [0.15, 0.2) is 54.6 Å². The molecule has 0 radical (unpaired) electrons. The highest BCUT2D eigenvalue weighted by molar-refractivity contribution is 5.77. The van der Waals surface area contributed by atoms with Gasteiger partial charge in [0.05, 0.1) is 37.7 Å². The van der Waals surface area contributed by atoms with Crippen molar-refractivity contribution in [2.45, 2.75) is 6.42 Å². The third kappa shape index (κ3) is 5.80. The zero-order valence-electron chi connectivity index (χ0n) is 18.8. The Balaban J connectivity index is 1.59. The van der Waals surface area contributed by atoms with E-state index in [4.69, 9.17) is 19.7 Å². The van der Waals surface area contributed by atoms with Gasteiger partial charge in [-0.2, -0.15) is 5.26 Å². The Kier molecular flexibility index (Phi) is 7.40. The number of nitriles is 1. The summed E-state index contributed by atoms with van der Waals surface area (Å²) in [6.07, 6.45) is 0.989. The number of ether oxygens (including phenoxy) is 2. The average Bonchev–Trinajstić information content (AvgIpc) is 2.87. The van der Waals surface area contributed by atoms with Crippen LogP contribution < -0.4 is 10.1 Å². The molecule has 1 aliphatic rings. The summed E-state index contributed by atoms with van der Waals surface area (Å²) in [6, 6.07) is 18.6. The molecule has 170 valence electrons. The van der Waals surface area contributed by atoms with Gasteiger partial charge in [-0.05, 0) is 66.6 Å². The zero-order chi connectivity index (χ0) is 23.0. The van der Waals surface area contributed by atoms with Crippen LogP contribution in [-0.2, 0) is 4.74 Å². The van der Waals surface area contributed by atoms with E-state index in [0.717, 1.165) is 62.8 Å². The summed E-state index contributed by atoms with van der Waals surface area (Å²) in [5.74, 6) is 1.52. The summed E-state index contributed by atoms with van der Waals surface area (Å²) in [7, 11) is 1.60. The number of aromatic hydroxyl groups is 1. The molecule has 1 fully saturated rings. The van der Waals surface area contributed by atoms with Crippen molar-refractivity contribution in [3.05, 3.63) is 60.2 Å². The van der Waals surface area contributed by atoms with Crippen LogP contribution in [0.5, 0.6) is 11.5 Å². The van der Waals surface area contributed by atoms with Crippen LogP contribution in [0.2, 0.25) is 0 Å². The summed E-state index contributed by atoms with van der Waals surface area (Å²) in [5, 5.41) is 23.0. The van der Waals surface area contributed by atoms with E-state index >= 15 is 0 Å². The number of aromatic nitrogens is 1. The lowest BCUT2D eigenvalue weighted by atomic mass is 10.0. The molecule has 2 aromatic carbocycles. The molecular weight excluding hydrogens is 416 g/mol. The fraction of sp³-hybridized carbons (Fsp3) is 0.308. The zero-order valence-corrected chi connectivity index (χ0v) is 18.8. The molecule has 2 heterocycles. The Morgan fingerprint density at radius 1 is 1.09 bits per heavy atom. The molecule has 3 aromatic rings. The van der Waals surface area contributed by atoms with Gasteiger partial charge in [-0.15, -0.1) is 0 Å². The van der Waals surface area contributed by atoms with E-state index in [2.05, 4.69) is 16.3 Å². The van der Waals surface area contributed by atoms with E-state index in [9.17, 15) is 5.11 Å². The second-order valence-electron chi connectivity index (χ2n) is 7.93. The molecule has 0 aliphatic carbocycles. The molecule has 0 spiro atoms. The van der Waals surface area contributed by atoms with Gasteiger partial charge in [0.2, 0.25) is 0 Å². The van der Waals surface area contributed by atoms with Crippen molar-refractivity contribution in [3.8, 4) is 40.0 Å². The first-order valence-electron chi connectivity index (χ1n) is 11.1. The number of anilines is 1. The van der Waals surface area contributed by atoms with Crippen molar-refractivity contribution in [2.75, 3.05) is 51.8 Å². The topological polar surface area (TPSA) is 90.6 Å². The van der Waals surface area contributed by atoms with Gasteiger partial charge in [0.1, 0.15) is 17.3 Å². The number of methoxy groups -OCH3 is 1. The van der Waals surface area contributed by atoms with E-state index in [1.54, 1.807) is 37.4 Å². The molecule has 33 heavy (non-hydrogen) atoms. The van der Waals surface area contributed by atoms with E-state index in [-0.39, 0.29) is 5.75 Å². The fourth-order valence-electron chi connectivity index (χ4n) is 3.85. The number of benzene rings is 2. The minimum Gasteiger partial charge on any atom is -0.507 e. The first kappa shape index (κ1) is 22.6. The number of phenolic OH excluding ortho intramolecular Hbond substituents is 1. The first-order valence-corrected chi connectivity index (χ1v) is 11.1. The van der Waals surface area contributed by atoms with Gasteiger partial charge in [-0.3, -0.25) is 4.90 Å². The lowest BCUT2D eigenvalue weighted by molar-refractivity contribution is 0.0378. The Hall–Kier alpha value is -3.60. The van der Waals surface area contributed by atoms with Crippen LogP contribution in [0.25, 0.3) is 22.4 Å². The Morgan fingerprint density at radius 3 is 2.61 bits per heavy atom. The molecule has 0 unspecified atom stereocenters. The Labute approximate surface area is 194 Å². The summed E-state index contributed by atoms with van der Waals surface area (Å²) < 4.78 is 10.8. The van der Waals surface area contributed by atoms with Gasteiger partial charge in [0.25, 0.3) is 0 Å². The van der Waals surface area contributed by atoms with Crippen LogP contribution in [0.4, 0.5) is 5.82 Å². The van der Waals surface area contributed by atoms with Crippen molar-refractivity contribution in [1.29, 1.82) is 5.26 Å². The standard InChI is InChI=1S/C26H28N4O3/c1-32-22-7-8-25(31)23(17-22)24-15-21(20-5-3-19(18-27)4-6-20)16-26(29-24)28-9-2-10-30-11-13-33-14-12-30/h3-8,15-17,31H,2,9-14H2,1H3,(H,28,29). The molecule has 2 N–H and O–H groups in total. The molecule has 1 aromatic heterocycles. The van der Waals surface area contributed by atoms with E-state index < -0.39 is 0 Å². The lowest BCUT2D eigenvalue weighted by Crippen LogP contribution is -2.37. The fourth-order valence-corrected chi connectivity index (χ4v) is 3.85. The van der Waals surface area contributed by atoms with Crippen LogP contribution in [0.3, 0.4) is 0 Å². The number of nitrogens with zero attached hydrogens (tertiary/aromatic N) is 3. The quantitative estimate of drug-likeness (QED) is 0.505. The van der Waals surface area contributed by atoms with Crippen molar-refractivity contribution in [1.82, 2.24) is 9.88 Å². The predicted octanol–water partition coefficient (Wildman–Crippen LogP) is 4.14. The highest BCUT2D eigenvalue weighted by atomic mass is 16.5. The highest BCUT2D eigenvalue weighted by Gasteiger charge is 2.13. The van der Waals surface area contributed by atoms with Crippen LogP contribution >= 0.6 is 0 Å². The number of hydrogen-bond donors (Lipinski definition) is 2. The van der Waals surface area contributed by atoms with Crippen molar-refractivity contribution >= 4 is 5.82 Å². The minimum atomic E-state index is 0.138. The second-order valence-corrected chi connectivity index (χ2v) is 7.93. The summed E-state index contributed by atoms with van der Waals surface area (Å²) in [6.45, 7) is 5.35. The molecule has 1 aliphatic heterocycles. The monoisotopic (exact) mass is 444 g/mol. The number of phenols is 1.